The molecule has 0 bridgehead atoms. The van der Waals surface area contributed by atoms with Gasteiger partial charge >= 0.3 is 6.09 Å². The summed E-state index contributed by atoms with van der Waals surface area (Å²) in [5, 5.41) is 5.78. The van der Waals surface area contributed by atoms with Gasteiger partial charge in [0, 0.05) is 31.7 Å². The fourth-order valence-corrected chi connectivity index (χ4v) is 3.57. The molecule has 2 atom stereocenters. The Morgan fingerprint density at radius 2 is 1.68 bits per heavy atom. The molecule has 164 valence electrons. The van der Waals surface area contributed by atoms with Gasteiger partial charge in [0.1, 0.15) is 6.61 Å². The third-order valence-electron chi connectivity index (χ3n) is 5.41. The molecular formula is C24H29N3O4. The number of ether oxygens (including phenoxy) is 1. The first-order valence-electron chi connectivity index (χ1n) is 10.5. The first kappa shape index (κ1) is 22.3. The summed E-state index contributed by atoms with van der Waals surface area (Å²) in [4.78, 5) is 38.0. The number of nitrogens with zero attached hydrogens (tertiary/aromatic N) is 1. The average molecular weight is 424 g/mol. The van der Waals surface area contributed by atoms with Gasteiger partial charge in [-0.2, -0.15) is 0 Å². The second kappa shape index (κ2) is 10.6. The first-order chi connectivity index (χ1) is 14.9. The molecule has 7 heteroatoms. The summed E-state index contributed by atoms with van der Waals surface area (Å²) in [6, 6.07) is 16.7. The van der Waals surface area contributed by atoms with Gasteiger partial charge < -0.3 is 20.3 Å². The zero-order valence-corrected chi connectivity index (χ0v) is 18.0. The fourth-order valence-electron chi connectivity index (χ4n) is 3.57. The van der Waals surface area contributed by atoms with E-state index in [9.17, 15) is 14.4 Å². The quantitative estimate of drug-likeness (QED) is 0.715. The number of anilines is 1. The van der Waals surface area contributed by atoms with E-state index in [2.05, 4.69) is 10.6 Å². The molecule has 31 heavy (non-hydrogen) atoms. The van der Waals surface area contributed by atoms with Crippen LogP contribution in [0.5, 0.6) is 0 Å². The Kier molecular flexibility index (Phi) is 7.65. The van der Waals surface area contributed by atoms with E-state index >= 15 is 0 Å². The highest BCUT2D eigenvalue weighted by Crippen LogP contribution is 2.27. The SMILES string of the molecule is CN(C)C(=O)Cc1ccc(NC(=O)C2CCC(NC(=O)OCc3ccccc3)C2)cc1. The zero-order chi connectivity index (χ0) is 22.2. The summed E-state index contributed by atoms with van der Waals surface area (Å²) in [5.74, 6) is -0.183. The van der Waals surface area contributed by atoms with Crippen molar-refractivity contribution in [3.05, 3.63) is 65.7 Å². The lowest BCUT2D eigenvalue weighted by atomic mass is 10.1. The van der Waals surface area contributed by atoms with Gasteiger partial charge in [-0.1, -0.05) is 42.5 Å². The Morgan fingerprint density at radius 3 is 2.35 bits per heavy atom. The van der Waals surface area contributed by atoms with Crippen LogP contribution in [0.1, 0.15) is 30.4 Å². The molecule has 7 nitrogen and oxygen atoms in total. The predicted molar refractivity (Wildman–Crippen MR) is 118 cm³/mol. The van der Waals surface area contributed by atoms with E-state index in [0.29, 0.717) is 24.9 Å². The van der Waals surface area contributed by atoms with Crippen LogP contribution < -0.4 is 10.6 Å². The summed E-state index contributed by atoms with van der Waals surface area (Å²) < 4.78 is 5.26. The lowest BCUT2D eigenvalue weighted by Gasteiger charge is -2.14. The second-order valence-corrected chi connectivity index (χ2v) is 8.06. The second-order valence-electron chi connectivity index (χ2n) is 8.06. The van der Waals surface area contributed by atoms with Gasteiger partial charge in [-0.05, 0) is 42.5 Å². The van der Waals surface area contributed by atoms with Crippen LogP contribution in [-0.2, 0) is 27.4 Å². The molecule has 2 aromatic rings. The molecule has 0 spiro atoms. The number of hydrogen-bond acceptors (Lipinski definition) is 4. The number of hydrogen-bond donors (Lipinski definition) is 2. The van der Waals surface area contributed by atoms with Crippen molar-refractivity contribution in [2.45, 2.75) is 38.3 Å². The van der Waals surface area contributed by atoms with E-state index in [4.69, 9.17) is 4.74 Å². The highest BCUT2D eigenvalue weighted by molar-refractivity contribution is 5.93. The molecule has 0 saturated heterocycles. The van der Waals surface area contributed by atoms with Gasteiger partial charge in [0.25, 0.3) is 0 Å². The molecule has 2 N–H and O–H groups in total. The number of likely N-dealkylation sites (N-methyl/N-ethyl adjacent to an activating group) is 1. The minimum atomic E-state index is -0.460. The minimum absolute atomic E-state index is 0.0311. The monoisotopic (exact) mass is 423 g/mol. The van der Waals surface area contributed by atoms with E-state index in [1.807, 2.05) is 54.6 Å². The fraction of sp³-hybridized carbons (Fsp3) is 0.375. The van der Waals surface area contributed by atoms with Crippen LogP contribution in [0, 0.1) is 5.92 Å². The summed E-state index contributed by atoms with van der Waals surface area (Å²) in [6.45, 7) is 0.222. The van der Waals surface area contributed by atoms with E-state index in [0.717, 1.165) is 17.5 Å². The number of alkyl carbamates (subject to hydrolysis) is 1. The molecule has 3 rings (SSSR count). The Morgan fingerprint density at radius 1 is 0.968 bits per heavy atom. The number of carbonyl (C=O) groups is 3. The maximum Gasteiger partial charge on any atom is 0.407 e. The van der Waals surface area contributed by atoms with E-state index in [1.54, 1.807) is 19.0 Å². The molecule has 1 saturated carbocycles. The van der Waals surface area contributed by atoms with Crippen LogP contribution in [0.3, 0.4) is 0 Å². The maximum atomic E-state index is 12.6. The molecule has 3 amide bonds. The molecule has 1 aliphatic carbocycles. The van der Waals surface area contributed by atoms with Crippen LogP contribution in [0.25, 0.3) is 0 Å². The van der Waals surface area contributed by atoms with Crippen molar-refractivity contribution in [1.82, 2.24) is 10.2 Å². The zero-order valence-electron chi connectivity index (χ0n) is 18.0. The first-order valence-corrected chi connectivity index (χ1v) is 10.5. The predicted octanol–water partition coefficient (Wildman–Crippen LogP) is 3.35. The highest BCUT2D eigenvalue weighted by atomic mass is 16.5. The summed E-state index contributed by atoms with van der Waals surface area (Å²) in [6.07, 6.45) is 1.91. The molecule has 0 heterocycles. The van der Waals surface area contributed by atoms with Crippen molar-refractivity contribution in [2.24, 2.45) is 5.92 Å². The van der Waals surface area contributed by atoms with Crippen molar-refractivity contribution in [1.29, 1.82) is 0 Å². The molecular weight excluding hydrogens is 394 g/mol. The Labute approximate surface area is 182 Å². The highest BCUT2D eigenvalue weighted by Gasteiger charge is 2.31. The van der Waals surface area contributed by atoms with E-state index < -0.39 is 6.09 Å². The van der Waals surface area contributed by atoms with Gasteiger partial charge in [-0.3, -0.25) is 9.59 Å². The van der Waals surface area contributed by atoms with Crippen molar-refractivity contribution in [3.8, 4) is 0 Å². The Hall–Kier alpha value is -3.35. The van der Waals surface area contributed by atoms with Gasteiger partial charge in [0.2, 0.25) is 11.8 Å². The number of carbonyl (C=O) groups excluding carboxylic acids is 3. The average Bonchev–Trinajstić information content (AvgIpc) is 3.23. The Balaban J connectivity index is 1.41. The Bertz CT molecular complexity index is 897. The summed E-state index contributed by atoms with van der Waals surface area (Å²) in [5.41, 5.74) is 2.53. The normalized spacial score (nSPS) is 17.6. The number of rotatable bonds is 7. The van der Waals surface area contributed by atoms with Crippen LogP contribution in [0.4, 0.5) is 10.5 Å². The standard InChI is InChI=1S/C24H29N3O4/c1-27(2)22(28)14-17-8-11-20(12-9-17)25-23(29)19-10-13-21(15-19)26-24(30)31-16-18-6-4-3-5-7-18/h3-9,11-12,19,21H,10,13-16H2,1-2H3,(H,25,29)(H,26,30). The molecule has 2 unspecified atom stereocenters. The number of benzene rings is 2. The van der Waals surface area contributed by atoms with Crippen LogP contribution in [0.15, 0.2) is 54.6 Å². The number of nitrogens with one attached hydrogen (secondary N) is 2. The maximum absolute atomic E-state index is 12.6. The van der Waals surface area contributed by atoms with Crippen LogP contribution in [-0.4, -0.2) is 42.9 Å². The summed E-state index contributed by atoms with van der Waals surface area (Å²) >= 11 is 0. The van der Waals surface area contributed by atoms with Gasteiger partial charge in [-0.15, -0.1) is 0 Å². The molecule has 0 aliphatic heterocycles. The van der Waals surface area contributed by atoms with Crippen molar-refractivity contribution in [2.75, 3.05) is 19.4 Å². The van der Waals surface area contributed by atoms with Gasteiger partial charge in [-0.25, -0.2) is 4.79 Å². The molecule has 1 fully saturated rings. The molecule has 0 radical (unpaired) electrons. The lowest BCUT2D eigenvalue weighted by molar-refractivity contribution is -0.128. The third-order valence-corrected chi connectivity index (χ3v) is 5.41. The van der Waals surface area contributed by atoms with Gasteiger partial charge in [0.15, 0.2) is 0 Å². The third kappa shape index (κ3) is 6.84. The van der Waals surface area contributed by atoms with Crippen molar-refractivity contribution in [3.63, 3.8) is 0 Å². The molecule has 1 aliphatic rings. The largest absolute Gasteiger partial charge is 0.445 e. The van der Waals surface area contributed by atoms with E-state index in [1.165, 1.54) is 0 Å². The molecule has 0 aromatic heterocycles. The lowest BCUT2D eigenvalue weighted by Crippen LogP contribution is -2.34. The minimum Gasteiger partial charge on any atom is -0.445 e. The van der Waals surface area contributed by atoms with Crippen LogP contribution in [0.2, 0.25) is 0 Å². The number of amides is 3. The van der Waals surface area contributed by atoms with Crippen molar-refractivity contribution < 1.29 is 19.1 Å². The summed E-state index contributed by atoms with van der Waals surface area (Å²) in [7, 11) is 3.45. The topological polar surface area (TPSA) is 87.7 Å². The smallest absolute Gasteiger partial charge is 0.407 e. The van der Waals surface area contributed by atoms with Crippen molar-refractivity contribution >= 4 is 23.6 Å². The van der Waals surface area contributed by atoms with E-state index in [-0.39, 0.29) is 30.4 Å². The van der Waals surface area contributed by atoms with Gasteiger partial charge in [0.05, 0.1) is 6.42 Å². The molecule has 2 aromatic carbocycles. The van der Waals surface area contributed by atoms with Crippen LogP contribution >= 0.6 is 0 Å².